The number of thioether (sulfide) groups is 1. The van der Waals surface area contributed by atoms with Crippen molar-refractivity contribution >= 4 is 50.7 Å². The van der Waals surface area contributed by atoms with Gasteiger partial charge < -0.3 is 13.7 Å². The highest BCUT2D eigenvalue weighted by molar-refractivity contribution is 8.18. The first kappa shape index (κ1) is 26.5. The molecule has 0 radical (unpaired) electrons. The van der Waals surface area contributed by atoms with Crippen molar-refractivity contribution in [2.24, 2.45) is 0 Å². The summed E-state index contributed by atoms with van der Waals surface area (Å²) in [5.41, 5.74) is 0.893. The SMILES string of the molecule is COc1ccc(S(=O)(=O)Oc2ccc(/C=C3\SC(=O)N(Cc4ccc(F)cc4Cl)C3=O)cc2OC)cc1. The van der Waals surface area contributed by atoms with Crippen molar-refractivity contribution in [1.29, 1.82) is 0 Å². The number of carbonyl (C=O) groups excluding carboxylic acids is 2. The Morgan fingerprint density at radius 1 is 0.973 bits per heavy atom. The van der Waals surface area contributed by atoms with Crippen LogP contribution in [0.4, 0.5) is 9.18 Å². The van der Waals surface area contributed by atoms with E-state index < -0.39 is 27.1 Å². The minimum Gasteiger partial charge on any atom is -0.497 e. The summed E-state index contributed by atoms with van der Waals surface area (Å²) < 4.78 is 54.3. The van der Waals surface area contributed by atoms with Gasteiger partial charge in [-0.15, -0.1) is 0 Å². The third-order valence-corrected chi connectivity index (χ3v) is 7.76. The molecular weight excluding hydrogens is 545 g/mol. The predicted molar refractivity (Wildman–Crippen MR) is 137 cm³/mol. The Morgan fingerprint density at radius 3 is 2.35 bits per heavy atom. The van der Waals surface area contributed by atoms with E-state index in [1.54, 1.807) is 0 Å². The van der Waals surface area contributed by atoms with Gasteiger partial charge in [-0.3, -0.25) is 14.5 Å². The van der Waals surface area contributed by atoms with E-state index in [1.165, 1.54) is 74.9 Å². The zero-order valence-electron chi connectivity index (χ0n) is 19.4. The zero-order valence-corrected chi connectivity index (χ0v) is 21.8. The van der Waals surface area contributed by atoms with Gasteiger partial charge >= 0.3 is 10.1 Å². The molecule has 0 unspecified atom stereocenters. The molecule has 8 nitrogen and oxygen atoms in total. The molecule has 2 amide bonds. The Hall–Kier alpha value is -3.54. The number of amides is 2. The molecule has 37 heavy (non-hydrogen) atoms. The number of halogens is 2. The van der Waals surface area contributed by atoms with Gasteiger partial charge in [0.25, 0.3) is 11.1 Å². The number of carbonyl (C=O) groups is 2. The molecule has 0 N–H and O–H groups in total. The molecule has 0 atom stereocenters. The highest BCUT2D eigenvalue weighted by atomic mass is 35.5. The maximum absolute atomic E-state index is 13.3. The Labute approximate surface area is 221 Å². The topological polar surface area (TPSA) is 99.2 Å². The molecule has 3 aromatic carbocycles. The quantitative estimate of drug-likeness (QED) is 0.262. The summed E-state index contributed by atoms with van der Waals surface area (Å²) in [4.78, 5) is 26.4. The maximum atomic E-state index is 13.3. The highest BCUT2D eigenvalue weighted by Crippen LogP contribution is 2.36. The lowest BCUT2D eigenvalue weighted by atomic mass is 10.1. The van der Waals surface area contributed by atoms with Crippen LogP contribution in [0.25, 0.3) is 6.08 Å². The molecule has 0 spiro atoms. The summed E-state index contributed by atoms with van der Waals surface area (Å²) in [6, 6.07) is 13.8. The second-order valence-electron chi connectivity index (χ2n) is 7.63. The lowest BCUT2D eigenvalue weighted by Crippen LogP contribution is -2.27. The second-order valence-corrected chi connectivity index (χ2v) is 10.6. The Kier molecular flexibility index (Phi) is 7.76. The van der Waals surface area contributed by atoms with Gasteiger partial charge in [-0.05, 0) is 77.5 Å². The summed E-state index contributed by atoms with van der Waals surface area (Å²) >= 11 is 6.77. The molecule has 1 aliphatic heterocycles. The van der Waals surface area contributed by atoms with Gasteiger partial charge in [0.1, 0.15) is 16.5 Å². The van der Waals surface area contributed by atoms with Gasteiger partial charge in [-0.1, -0.05) is 23.7 Å². The van der Waals surface area contributed by atoms with Crippen LogP contribution in [0.3, 0.4) is 0 Å². The number of hydrogen-bond acceptors (Lipinski definition) is 8. The van der Waals surface area contributed by atoms with Crippen LogP contribution >= 0.6 is 23.4 Å². The maximum Gasteiger partial charge on any atom is 0.339 e. The zero-order chi connectivity index (χ0) is 26.7. The van der Waals surface area contributed by atoms with Crippen LogP contribution in [0.1, 0.15) is 11.1 Å². The van der Waals surface area contributed by atoms with Gasteiger partial charge in [0, 0.05) is 5.02 Å². The van der Waals surface area contributed by atoms with E-state index in [4.69, 9.17) is 25.3 Å². The largest absolute Gasteiger partial charge is 0.497 e. The fourth-order valence-corrected chi connectivity index (χ4v) is 5.36. The van der Waals surface area contributed by atoms with E-state index in [2.05, 4.69) is 0 Å². The second kappa shape index (κ2) is 10.8. The number of imide groups is 1. The Balaban J connectivity index is 1.54. The van der Waals surface area contributed by atoms with Crippen molar-refractivity contribution in [2.45, 2.75) is 11.4 Å². The molecule has 12 heteroatoms. The van der Waals surface area contributed by atoms with Crippen LogP contribution in [0.5, 0.6) is 17.2 Å². The number of rotatable bonds is 8. The molecule has 4 rings (SSSR count). The van der Waals surface area contributed by atoms with E-state index in [1.807, 2.05) is 0 Å². The average Bonchev–Trinajstić information content (AvgIpc) is 3.13. The highest BCUT2D eigenvalue weighted by Gasteiger charge is 2.35. The fraction of sp³-hybridized carbons (Fsp3) is 0.120. The van der Waals surface area contributed by atoms with E-state index in [-0.39, 0.29) is 32.9 Å². The van der Waals surface area contributed by atoms with Crippen LogP contribution in [-0.2, 0) is 21.5 Å². The predicted octanol–water partition coefficient (Wildman–Crippen LogP) is 5.50. The van der Waals surface area contributed by atoms with Gasteiger partial charge in [0.05, 0.1) is 25.7 Å². The monoisotopic (exact) mass is 563 g/mol. The summed E-state index contributed by atoms with van der Waals surface area (Å²) in [5, 5.41) is -0.401. The normalized spacial score (nSPS) is 14.8. The first-order chi connectivity index (χ1) is 17.6. The van der Waals surface area contributed by atoms with E-state index in [0.29, 0.717) is 16.9 Å². The van der Waals surface area contributed by atoms with Crippen LogP contribution in [0.15, 0.2) is 70.5 Å². The van der Waals surface area contributed by atoms with Crippen LogP contribution in [0, 0.1) is 5.82 Å². The molecule has 1 aliphatic rings. The van der Waals surface area contributed by atoms with Crippen LogP contribution < -0.4 is 13.7 Å². The average molecular weight is 564 g/mol. The van der Waals surface area contributed by atoms with Crippen molar-refractivity contribution in [3.8, 4) is 17.2 Å². The molecule has 1 heterocycles. The third kappa shape index (κ3) is 5.90. The summed E-state index contributed by atoms with van der Waals surface area (Å²) in [5.74, 6) is -0.540. The molecule has 0 aromatic heterocycles. The third-order valence-electron chi connectivity index (χ3n) is 5.25. The molecule has 192 valence electrons. The Morgan fingerprint density at radius 2 is 1.70 bits per heavy atom. The van der Waals surface area contributed by atoms with Crippen molar-refractivity contribution in [2.75, 3.05) is 14.2 Å². The number of nitrogens with zero attached hydrogens (tertiary/aromatic N) is 1. The van der Waals surface area contributed by atoms with Crippen molar-refractivity contribution < 1.29 is 36.1 Å². The van der Waals surface area contributed by atoms with E-state index in [9.17, 15) is 22.4 Å². The number of hydrogen-bond donors (Lipinski definition) is 0. The van der Waals surface area contributed by atoms with Crippen molar-refractivity contribution in [3.63, 3.8) is 0 Å². The van der Waals surface area contributed by atoms with Gasteiger partial charge in [-0.2, -0.15) is 8.42 Å². The first-order valence-corrected chi connectivity index (χ1v) is 13.2. The lowest BCUT2D eigenvalue weighted by molar-refractivity contribution is -0.123. The molecular formula is C25H19ClFNO7S2. The molecule has 0 aliphatic carbocycles. The fourth-order valence-electron chi connectivity index (χ4n) is 3.36. The smallest absolute Gasteiger partial charge is 0.339 e. The van der Waals surface area contributed by atoms with Gasteiger partial charge in [-0.25, -0.2) is 4.39 Å². The number of methoxy groups -OCH3 is 2. The Bertz CT molecular complexity index is 1510. The van der Waals surface area contributed by atoms with Crippen molar-refractivity contribution in [1.82, 2.24) is 4.90 Å². The van der Waals surface area contributed by atoms with Crippen LogP contribution in [-0.4, -0.2) is 38.7 Å². The first-order valence-electron chi connectivity index (χ1n) is 10.6. The minimum absolute atomic E-state index is 0.0606. The standard InChI is InChI=1S/C25H19ClFNO7S2/c1-33-18-6-8-19(9-7-18)37(31,32)35-21-10-3-15(11-22(21)34-2)12-23-24(29)28(25(30)36-23)14-16-4-5-17(27)13-20(16)26/h3-13H,14H2,1-2H3/b23-12-. The molecule has 1 fully saturated rings. The molecule has 3 aromatic rings. The van der Waals surface area contributed by atoms with Crippen molar-refractivity contribution in [3.05, 3.63) is 87.5 Å². The van der Waals surface area contributed by atoms with E-state index in [0.717, 1.165) is 22.7 Å². The number of benzene rings is 3. The van der Waals surface area contributed by atoms with Crippen LogP contribution in [0.2, 0.25) is 5.02 Å². The molecule has 1 saturated heterocycles. The van der Waals surface area contributed by atoms with E-state index >= 15 is 0 Å². The summed E-state index contributed by atoms with van der Waals surface area (Å²) in [7, 11) is -1.35. The molecule has 0 saturated carbocycles. The van der Waals surface area contributed by atoms with Gasteiger partial charge in [0.2, 0.25) is 0 Å². The van der Waals surface area contributed by atoms with Gasteiger partial charge in [0.15, 0.2) is 11.5 Å². The number of ether oxygens (including phenoxy) is 2. The summed E-state index contributed by atoms with van der Waals surface area (Å²) in [6.45, 7) is -0.111. The summed E-state index contributed by atoms with van der Waals surface area (Å²) in [6.07, 6.45) is 1.47. The molecule has 0 bridgehead atoms. The lowest BCUT2D eigenvalue weighted by Gasteiger charge is -2.13. The minimum atomic E-state index is -4.16.